The summed E-state index contributed by atoms with van der Waals surface area (Å²) >= 11 is 6.08. The second-order valence-corrected chi connectivity index (χ2v) is 8.57. The van der Waals surface area contributed by atoms with Crippen LogP contribution in [0.2, 0.25) is 5.02 Å². The molecule has 2 N–H and O–H groups in total. The maximum absolute atomic E-state index is 13.0. The molecule has 0 unspecified atom stereocenters. The molecule has 3 amide bonds. The van der Waals surface area contributed by atoms with Crippen LogP contribution in [0.3, 0.4) is 0 Å². The fourth-order valence-corrected chi connectivity index (χ4v) is 4.14. The molecule has 0 aromatic heterocycles. The van der Waals surface area contributed by atoms with Crippen LogP contribution in [0.25, 0.3) is 0 Å². The number of allylic oxidation sites excluding steroid dienone is 1. The van der Waals surface area contributed by atoms with Crippen LogP contribution < -0.4 is 10.6 Å². The van der Waals surface area contributed by atoms with E-state index in [0.29, 0.717) is 29.9 Å². The first-order valence-corrected chi connectivity index (χ1v) is 11.9. The molecule has 1 atom stereocenters. The van der Waals surface area contributed by atoms with E-state index in [2.05, 4.69) is 10.6 Å². The number of rotatable bonds is 10. The molecule has 0 radical (unpaired) electrons. The van der Waals surface area contributed by atoms with Crippen molar-refractivity contribution in [3.05, 3.63) is 80.0 Å². The van der Waals surface area contributed by atoms with E-state index in [1.54, 1.807) is 31.2 Å². The van der Waals surface area contributed by atoms with Crippen molar-refractivity contribution in [2.24, 2.45) is 0 Å². The lowest BCUT2D eigenvalue weighted by Crippen LogP contribution is -2.48. The summed E-state index contributed by atoms with van der Waals surface area (Å²) in [5.74, 6) is -1.17. The number of esters is 1. The third-order valence-electron chi connectivity index (χ3n) is 5.67. The van der Waals surface area contributed by atoms with Gasteiger partial charge in [0.05, 0.1) is 33.7 Å². The third-order valence-corrected chi connectivity index (χ3v) is 5.98. The maximum Gasteiger partial charge on any atom is 0.338 e. The second kappa shape index (κ2) is 12.3. The Morgan fingerprint density at radius 2 is 1.97 bits per heavy atom. The molecule has 1 aliphatic heterocycles. The van der Waals surface area contributed by atoms with Gasteiger partial charge in [-0.05, 0) is 37.1 Å². The number of nitrogens with one attached hydrogen (secondary N) is 2. The van der Waals surface area contributed by atoms with Gasteiger partial charge in [0.1, 0.15) is 6.61 Å². The molecule has 0 spiro atoms. The summed E-state index contributed by atoms with van der Waals surface area (Å²) < 4.78 is 10.3. The van der Waals surface area contributed by atoms with E-state index in [1.807, 2.05) is 6.92 Å². The first-order valence-electron chi connectivity index (χ1n) is 11.5. The van der Waals surface area contributed by atoms with Gasteiger partial charge in [0.2, 0.25) is 0 Å². The normalized spacial score (nSPS) is 15.3. The van der Waals surface area contributed by atoms with Crippen molar-refractivity contribution in [2.45, 2.75) is 26.3 Å². The number of nitrogens with zero attached hydrogens (tertiary/aromatic N) is 2. The van der Waals surface area contributed by atoms with Gasteiger partial charge in [-0.1, -0.05) is 30.7 Å². The molecule has 2 aromatic carbocycles. The highest BCUT2D eigenvalue weighted by Crippen LogP contribution is 2.33. The lowest BCUT2D eigenvalue weighted by atomic mass is 9.94. The van der Waals surface area contributed by atoms with Gasteiger partial charge < -0.3 is 20.1 Å². The van der Waals surface area contributed by atoms with Crippen molar-refractivity contribution >= 4 is 40.9 Å². The minimum Gasteiger partial charge on any atom is -0.460 e. The molecule has 0 fully saturated rings. The zero-order valence-corrected chi connectivity index (χ0v) is 21.3. The number of hydrogen-bond acceptors (Lipinski definition) is 7. The molecule has 2 aromatic rings. The monoisotopic (exact) mass is 530 g/mol. The lowest BCUT2D eigenvalue weighted by molar-refractivity contribution is -0.384. The maximum atomic E-state index is 13.0. The molecule has 0 aliphatic carbocycles. The Kier molecular flexibility index (Phi) is 9.20. The first kappa shape index (κ1) is 27.6. The van der Waals surface area contributed by atoms with Crippen LogP contribution in [0.15, 0.2) is 53.7 Å². The van der Waals surface area contributed by atoms with Crippen molar-refractivity contribution < 1.29 is 28.8 Å². The fraction of sp³-hybridized carbons (Fsp3) is 0.320. The topological polar surface area (TPSA) is 140 Å². The minimum absolute atomic E-state index is 0.0483. The molecule has 196 valence electrons. The van der Waals surface area contributed by atoms with E-state index in [9.17, 15) is 24.5 Å². The Bertz CT molecular complexity index is 1250. The van der Waals surface area contributed by atoms with Crippen molar-refractivity contribution in [1.82, 2.24) is 10.2 Å². The van der Waals surface area contributed by atoms with Crippen LogP contribution in [0.1, 0.15) is 42.2 Å². The molecule has 3 rings (SSSR count). The average Bonchev–Trinajstić information content (AvgIpc) is 2.86. The number of non-ortho nitro benzene ring substituents is 1. The number of carbonyl (C=O) groups is 3. The molecule has 0 bridgehead atoms. The predicted molar refractivity (Wildman–Crippen MR) is 136 cm³/mol. The van der Waals surface area contributed by atoms with Crippen LogP contribution in [0.5, 0.6) is 0 Å². The van der Waals surface area contributed by atoms with Gasteiger partial charge in [-0.3, -0.25) is 19.8 Å². The van der Waals surface area contributed by atoms with Crippen LogP contribution in [-0.2, 0) is 14.3 Å². The number of carbonyl (C=O) groups excluding carboxylic acids is 3. The highest BCUT2D eigenvalue weighted by molar-refractivity contribution is 6.34. The summed E-state index contributed by atoms with van der Waals surface area (Å²) in [6.45, 7) is 4.31. The number of nitro benzene ring substituents is 1. The Morgan fingerprint density at radius 1 is 1.22 bits per heavy atom. The summed E-state index contributed by atoms with van der Waals surface area (Å²) in [7, 11) is 1.49. The Hall–Kier alpha value is -3.96. The first-order chi connectivity index (χ1) is 17.7. The zero-order valence-electron chi connectivity index (χ0n) is 20.6. The average molecular weight is 531 g/mol. The Labute approximate surface area is 218 Å². The molecule has 12 heteroatoms. The highest BCUT2D eigenvalue weighted by Gasteiger charge is 2.36. The molecular formula is C25H27ClN4O7. The summed E-state index contributed by atoms with van der Waals surface area (Å²) in [5, 5.41) is 16.4. The predicted octanol–water partition coefficient (Wildman–Crippen LogP) is 4.44. The number of urea groups is 1. The summed E-state index contributed by atoms with van der Waals surface area (Å²) in [6, 6.07) is 8.99. The summed E-state index contributed by atoms with van der Waals surface area (Å²) in [4.78, 5) is 50.5. The van der Waals surface area contributed by atoms with Crippen LogP contribution in [0.4, 0.5) is 16.2 Å². The van der Waals surface area contributed by atoms with E-state index in [4.69, 9.17) is 21.1 Å². The molecule has 1 heterocycles. The number of methoxy groups -OCH3 is 1. The SMILES string of the molecule is CCCN1C(=O)N[C@@H](c2cccc(NC(=O)c3ccc([N+](=O)[O-])cc3Cl)c2)C(C(=O)OCCOC)=C1C. The van der Waals surface area contributed by atoms with E-state index < -0.39 is 22.8 Å². The van der Waals surface area contributed by atoms with Crippen molar-refractivity contribution in [1.29, 1.82) is 0 Å². The van der Waals surface area contributed by atoms with Gasteiger partial charge in [0.25, 0.3) is 11.6 Å². The van der Waals surface area contributed by atoms with Crippen LogP contribution >= 0.6 is 11.6 Å². The quantitative estimate of drug-likeness (QED) is 0.200. The molecular weight excluding hydrogens is 504 g/mol. The van der Waals surface area contributed by atoms with Gasteiger partial charge >= 0.3 is 12.0 Å². The molecule has 0 saturated heterocycles. The highest BCUT2D eigenvalue weighted by atomic mass is 35.5. The minimum atomic E-state index is -0.824. The fourth-order valence-electron chi connectivity index (χ4n) is 3.88. The van der Waals surface area contributed by atoms with Gasteiger partial charge in [0.15, 0.2) is 0 Å². The molecule has 0 saturated carbocycles. The number of hydrogen-bond donors (Lipinski definition) is 2. The largest absolute Gasteiger partial charge is 0.460 e. The van der Waals surface area contributed by atoms with Gasteiger partial charge in [-0.15, -0.1) is 0 Å². The molecule has 1 aliphatic rings. The lowest BCUT2D eigenvalue weighted by Gasteiger charge is -2.35. The van der Waals surface area contributed by atoms with Gasteiger partial charge in [-0.2, -0.15) is 0 Å². The van der Waals surface area contributed by atoms with E-state index in [1.165, 1.54) is 24.1 Å². The molecule has 37 heavy (non-hydrogen) atoms. The van der Waals surface area contributed by atoms with E-state index in [0.717, 1.165) is 6.07 Å². The Balaban J connectivity index is 1.91. The number of halogens is 1. The van der Waals surface area contributed by atoms with Crippen LogP contribution in [-0.4, -0.2) is 54.6 Å². The third kappa shape index (κ3) is 6.43. The Morgan fingerprint density at radius 3 is 2.62 bits per heavy atom. The van der Waals surface area contributed by atoms with Crippen LogP contribution in [0, 0.1) is 10.1 Å². The molecule has 11 nitrogen and oxygen atoms in total. The summed E-state index contributed by atoms with van der Waals surface area (Å²) in [6.07, 6.45) is 0.689. The zero-order chi connectivity index (χ0) is 27.1. The standard InChI is InChI=1S/C25H27ClN4O7/c1-4-10-29-15(2)21(24(32)37-12-11-36-3)22(28-25(29)33)16-6-5-7-17(13-16)27-23(31)19-9-8-18(30(34)35)14-20(19)26/h5-9,13-14,22H,4,10-12H2,1-3H3,(H,27,31)(H,28,33)/t22-/m0/s1. The number of benzene rings is 2. The smallest absolute Gasteiger partial charge is 0.338 e. The summed E-state index contributed by atoms with van der Waals surface area (Å²) in [5.41, 5.74) is 1.47. The van der Waals surface area contributed by atoms with E-state index in [-0.39, 0.29) is 41.1 Å². The number of anilines is 1. The van der Waals surface area contributed by atoms with Crippen molar-refractivity contribution in [3.8, 4) is 0 Å². The van der Waals surface area contributed by atoms with Gasteiger partial charge in [-0.25, -0.2) is 9.59 Å². The second-order valence-electron chi connectivity index (χ2n) is 8.16. The van der Waals surface area contributed by atoms with E-state index >= 15 is 0 Å². The van der Waals surface area contributed by atoms with Crippen molar-refractivity contribution in [3.63, 3.8) is 0 Å². The number of amides is 3. The van der Waals surface area contributed by atoms with Crippen molar-refractivity contribution in [2.75, 3.05) is 32.2 Å². The van der Waals surface area contributed by atoms with Gasteiger partial charge in [0, 0.05) is 37.2 Å². The number of nitro groups is 1. The number of ether oxygens (including phenoxy) is 2.